The summed E-state index contributed by atoms with van der Waals surface area (Å²) in [6, 6.07) is 0. The summed E-state index contributed by atoms with van der Waals surface area (Å²) in [4.78, 5) is 13.4. The highest BCUT2D eigenvalue weighted by Crippen LogP contribution is 2.41. The smallest absolute Gasteiger partial charge is 0.333 e. The molecule has 10 atom stereocenters. The van der Waals surface area contributed by atoms with Crippen LogP contribution in [0.1, 0.15) is 87.0 Å². The Morgan fingerprint density at radius 2 is 1.74 bits per heavy atom. The number of allylic oxidation sites excluding steroid dienone is 7. The van der Waals surface area contributed by atoms with Crippen LogP contribution in [0.15, 0.2) is 58.7 Å². The number of hydrogen-bond acceptors (Lipinski definition) is 9. The first kappa shape index (κ1) is 40.1. The van der Waals surface area contributed by atoms with Gasteiger partial charge in [0, 0.05) is 56.8 Å². The normalized spacial score (nSPS) is 40.5. The van der Waals surface area contributed by atoms with Crippen LogP contribution in [0.25, 0.3) is 0 Å². The van der Waals surface area contributed by atoms with E-state index in [9.17, 15) is 25.2 Å². The summed E-state index contributed by atoms with van der Waals surface area (Å²) in [5.41, 5.74) is 3.26. The van der Waals surface area contributed by atoms with E-state index in [4.69, 9.17) is 18.9 Å². The monoisotopic (exact) mass is 648 g/mol. The average Bonchev–Trinajstić information content (AvgIpc) is 2.98. The van der Waals surface area contributed by atoms with Gasteiger partial charge in [-0.2, -0.15) is 0 Å². The number of ether oxygens (including phenoxy) is 4. The maximum atomic E-state index is 13.4. The SMILES string of the molecule is COC[C@H](O)C[C@H]1O[C@@](O)(C[C@@H]2C[C@H](OC)CCC/C=C(C)/C=C/[C@@H](O)[C@H](C)/C=C(C)/C=C(C)/C=C(\C)C(=O)O2)[C@H](C)[C@@H](O)[C@H]1C. The summed E-state index contributed by atoms with van der Waals surface area (Å²) >= 11 is 0. The van der Waals surface area contributed by atoms with Gasteiger partial charge in [0.1, 0.15) is 6.10 Å². The van der Waals surface area contributed by atoms with Gasteiger partial charge in [0.15, 0.2) is 5.79 Å². The number of carbonyl (C=O) groups is 1. The molecule has 0 aromatic rings. The number of carbonyl (C=O) groups excluding carboxylic acids is 1. The van der Waals surface area contributed by atoms with Crippen molar-refractivity contribution in [3.8, 4) is 0 Å². The molecule has 2 aliphatic heterocycles. The maximum absolute atomic E-state index is 13.4. The molecule has 0 aromatic heterocycles. The third-order valence-electron chi connectivity index (χ3n) is 9.26. The Kier molecular flexibility index (Phi) is 16.6. The minimum atomic E-state index is -1.82. The second-order valence-corrected chi connectivity index (χ2v) is 13.5. The van der Waals surface area contributed by atoms with E-state index < -0.39 is 48.2 Å². The lowest BCUT2D eigenvalue weighted by atomic mass is 9.77. The molecule has 0 radical (unpaired) electrons. The van der Waals surface area contributed by atoms with Gasteiger partial charge >= 0.3 is 5.97 Å². The minimum Gasteiger partial charge on any atom is -0.459 e. The molecule has 4 N–H and O–H groups in total. The second-order valence-electron chi connectivity index (χ2n) is 13.5. The van der Waals surface area contributed by atoms with Gasteiger partial charge in [0.05, 0.1) is 37.1 Å². The minimum absolute atomic E-state index is 0.0750. The molecule has 0 bridgehead atoms. The molecule has 46 heavy (non-hydrogen) atoms. The van der Waals surface area contributed by atoms with Crippen molar-refractivity contribution in [2.75, 3.05) is 20.8 Å². The first-order valence-corrected chi connectivity index (χ1v) is 16.7. The summed E-state index contributed by atoms with van der Waals surface area (Å²) in [7, 11) is 3.12. The predicted octanol–water partition coefficient (Wildman–Crippen LogP) is 5.33. The van der Waals surface area contributed by atoms with Crippen molar-refractivity contribution in [2.24, 2.45) is 17.8 Å². The van der Waals surface area contributed by atoms with Crippen molar-refractivity contribution in [1.82, 2.24) is 0 Å². The fourth-order valence-electron chi connectivity index (χ4n) is 6.34. The molecule has 0 saturated carbocycles. The van der Waals surface area contributed by atoms with Crippen molar-refractivity contribution < 1.29 is 44.2 Å². The van der Waals surface area contributed by atoms with Crippen LogP contribution < -0.4 is 0 Å². The van der Waals surface area contributed by atoms with E-state index in [-0.39, 0.29) is 37.4 Å². The van der Waals surface area contributed by atoms with Crippen molar-refractivity contribution >= 4 is 5.97 Å². The van der Waals surface area contributed by atoms with Gasteiger partial charge < -0.3 is 39.4 Å². The molecule has 0 aliphatic carbocycles. The maximum Gasteiger partial charge on any atom is 0.333 e. The van der Waals surface area contributed by atoms with Gasteiger partial charge in [0.25, 0.3) is 0 Å². The quantitative estimate of drug-likeness (QED) is 0.270. The molecule has 262 valence electrons. The Morgan fingerprint density at radius 3 is 2.39 bits per heavy atom. The van der Waals surface area contributed by atoms with Crippen molar-refractivity contribution in [1.29, 1.82) is 0 Å². The topological polar surface area (TPSA) is 135 Å². The van der Waals surface area contributed by atoms with E-state index in [2.05, 4.69) is 6.08 Å². The van der Waals surface area contributed by atoms with Crippen LogP contribution in [-0.4, -0.2) is 89.6 Å². The number of aliphatic hydroxyl groups is 4. The summed E-state index contributed by atoms with van der Waals surface area (Å²) < 4.78 is 23.2. The predicted molar refractivity (Wildman–Crippen MR) is 180 cm³/mol. The van der Waals surface area contributed by atoms with Crippen LogP contribution in [-0.2, 0) is 23.7 Å². The van der Waals surface area contributed by atoms with Gasteiger partial charge in [-0.15, -0.1) is 0 Å². The van der Waals surface area contributed by atoms with Crippen LogP contribution in [0.3, 0.4) is 0 Å². The first-order valence-electron chi connectivity index (χ1n) is 16.7. The summed E-state index contributed by atoms with van der Waals surface area (Å²) in [6.45, 7) is 13.2. The lowest BCUT2D eigenvalue weighted by Crippen LogP contribution is -2.59. The third kappa shape index (κ3) is 12.5. The fraction of sp³-hybridized carbons (Fsp3) is 0.703. The lowest BCUT2D eigenvalue weighted by Gasteiger charge is -2.49. The molecule has 0 aromatic carbocycles. The van der Waals surface area contributed by atoms with Gasteiger partial charge in [-0.05, 0) is 53.0 Å². The summed E-state index contributed by atoms with van der Waals surface area (Å²) in [5.74, 6) is -3.47. The highest BCUT2D eigenvalue weighted by Gasteiger charge is 2.51. The van der Waals surface area contributed by atoms with E-state index in [1.54, 1.807) is 27.0 Å². The standard InChI is InChI=1S/C37H60O9/c1-23-12-10-11-13-31(44-9)20-32(21-37(42)29(7)35(40)28(6)34(46-37)19-30(38)22-43-8)45-36(41)27(5)18-25(3)16-24(2)17-26(4)33(39)15-14-23/h12,14-18,26,28-35,38-40,42H,10-11,13,19-22H2,1-9H3/b15-14+,23-12+,24-17+,25-16+,27-18+/t26-,28+,29-,30-,31-,32+,33-,34-,35+,37+/m1/s1. The number of cyclic esters (lactones) is 1. The Hall–Kier alpha value is -2.11. The molecule has 2 heterocycles. The van der Waals surface area contributed by atoms with E-state index >= 15 is 0 Å². The van der Waals surface area contributed by atoms with Gasteiger partial charge in [-0.25, -0.2) is 4.79 Å². The van der Waals surface area contributed by atoms with Crippen LogP contribution in [0.4, 0.5) is 0 Å². The Bertz CT molecular complexity index is 1120. The van der Waals surface area contributed by atoms with Crippen molar-refractivity contribution in [2.45, 2.75) is 129 Å². The number of aliphatic hydroxyl groups excluding tert-OH is 3. The Labute approximate surface area is 276 Å². The zero-order valence-corrected chi connectivity index (χ0v) is 29.4. The molecule has 1 saturated heterocycles. The third-order valence-corrected chi connectivity index (χ3v) is 9.26. The van der Waals surface area contributed by atoms with E-state index in [1.807, 2.05) is 58.9 Å². The van der Waals surface area contributed by atoms with Crippen LogP contribution in [0.2, 0.25) is 0 Å². The first-order chi connectivity index (χ1) is 21.6. The molecule has 2 rings (SSSR count). The molecular formula is C37H60O9. The largest absolute Gasteiger partial charge is 0.459 e. The average molecular weight is 649 g/mol. The van der Waals surface area contributed by atoms with Crippen LogP contribution >= 0.6 is 0 Å². The zero-order chi connectivity index (χ0) is 34.6. The number of methoxy groups -OCH3 is 2. The second kappa shape index (κ2) is 19.0. The number of rotatable bonds is 7. The van der Waals surface area contributed by atoms with Gasteiger partial charge in [-0.3, -0.25) is 0 Å². The van der Waals surface area contributed by atoms with E-state index in [1.165, 1.54) is 7.11 Å². The fourth-order valence-corrected chi connectivity index (χ4v) is 6.34. The van der Waals surface area contributed by atoms with Gasteiger partial charge in [-0.1, -0.05) is 67.9 Å². The molecule has 1 fully saturated rings. The highest BCUT2D eigenvalue weighted by molar-refractivity contribution is 5.88. The number of esters is 1. The molecule has 9 nitrogen and oxygen atoms in total. The van der Waals surface area contributed by atoms with Crippen LogP contribution in [0, 0.1) is 17.8 Å². The Morgan fingerprint density at radius 1 is 1.04 bits per heavy atom. The summed E-state index contributed by atoms with van der Waals surface area (Å²) in [6.07, 6.45) is 10.3. The summed E-state index contributed by atoms with van der Waals surface area (Å²) in [5, 5.41) is 44.1. The van der Waals surface area contributed by atoms with Crippen LogP contribution in [0.5, 0.6) is 0 Å². The highest BCUT2D eigenvalue weighted by atomic mass is 16.6. The molecule has 0 unspecified atom stereocenters. The molecule has 0 spiro atoms. The Balaban J connectivity index is 2.43. The van der Waals surface area contributed by atoms with Gasteiger partial charge in [0.2, 0.25) is 0 Å². The molecule has 0 amide bonds. The van der Waals surface area contributed by atoms with E-state index in [0.717, 1.165) is 29.6 Å². The number of hydrogen-bond donors (Lipinski definition) is 4. The molecule has 9 heteroatoms. The van der Waals surface area contributed by atoms with Crippen molar-refractivity contribution in [3.05, 3.63) is 58.7 Å². The lowest BCUT2D eigenvalue weighted by molar-refractivity contribution is -0.329. The molecular weight excluding hydrogens is 588 g/mol. The zero-order valence-electron chi connectivity index (χ0n) is 29.4. The van der Waals surface area contributed by atoms with Crippen molar-refractivity contribution in [3.63, 3.8) is 0 Å². The van der Waals surface area contributed by atoms with E-state index in [0.29, 0.717) is 18.4 Å². The molecule has 2 aliphatic rings.